The number of rotatable bonds is 5. The van der Waals surface area contributed by atoms with Crippen molar-refractivity contribution in [3.63, 3.8) is 0 Å². The second-order valence-electron chi connectivity index (χ2n) is 3.75. The van der Waals surface area contributed by atoms with Gasteiger partial charge >= 0.3 is 0 Å². The molecule has 4 heteroatoms. The second-order valence-corrected chi connectivity index (χ2v) is 3.75. The minimum atomic E-state index is 0.858. The molecule has 0 unspecified atom stereocenters. The van der Waals surface area contributed by atoms with Gasteiger partial charge in [0.2, 0.25) is 0 Å². The Balaban J connectivity index is 1.69. The van der Waals surface area contributed by atoms with Gasteiger partial charge in [-0.3, -0.25) is 5.10 Å². The molecule has 0 aliphatic rings. The monoisotopic (exact) mass is 216 g/mol. The van der Waals surface area contributed by atoms with Crippen molar-refractivity contribution in [1.29, 1.82) is 0 Å². The van der Waals surface area contributed by atoms with Crippen molar-refractivity contribution in [2.45, 2.75) is 19.9 Å². The van der Waals surface area contributed by atoms with E-state index in [0.29, 0.717) is 0 Å². The van der Waals surface area contributed by atoms with Crippen LogP contribution >= 0.6 is 0 Å². The van der Waals surface area contributed by atoms with Gasteiger partial charge < -0.3 is 5.32 Å². The van der Waals surface area contributed by atoms with Crippen molar-refractivity contribution in [3.8, 4) is 0 Å². The Labute approximate surface area is 95.1 Å². The molecule has 1 aromatic heterocycles. The number of aromatic amines is 1. The van der Waals surface area contributed by atoms with Gasteiger partial charge in [-0.05, 0) is 12.5 Å². The van der Waals surface area contributed by atoms with Crippen LogP contribution in [0.4, 0.5) is 0 Å². The summed E-state index contributed by atoms with van der Waals surface area (Å²) in [6, 6.07) is 10.4. The van der Waals surface area contributed by atoms with E-state index in [1.807, 2.05) is 13.0 Å². The van der Waals surface area contributed by atoms with Crippen molar-refractivity contribution >= 4 is 0 Å². The third kappa shape index (κ3) is 3.17. The Morgan fingerprint density at radius 3 is 2.75 bits per heavy atom. The van der Waals surface area contributed by atoms with E-state index in [2.05, 4.69) is 44.8 Å². The maximum Gasteiger partial charge on any atom is 0.151 e. The van der Waals surface area contributed by atoms with Crippen molar-refractivity contribution in [2.24, 2.45) is 0 Å². The topological polar surface area (TPSA) is 53.6 Å². The summed E-state index contributed by atoms with van der Waals surface area (Å²) in [5.41, 5.74) is 1.30. The number of nitrogens with zero attached hydrogens (tertiary/aromatic N) is 2. The van der Waals surface area contributed by atoms with Crippen molar-refractivity contribution < 1.29 is 0 Å². The molecule has 0 aliphatic heterocycles. The van der Waals surface area contributed by atoms with Crippen molar-refractivity contribution in [2.75, 3.05) is 6.54 Å². The van der Waals surface area contributed by atoms with Gasteiger partial charge in [-0.15, -0.1) is 0 Å². The van der Waals surface area contributed by atoms with Gasteiger partial charge in [0.15, 0.2) is 5.82 Å². The maximum absolute atomic E-state index is 4.25. The third-order valence-electron chi connectivity index (χ3n) is 2.34. The molecule has 0 spiro atoms. The quantitative estimate of drug-likeness (QED) is 0.744. The minimum Gasteiger partial charge on any atom is -0.312 e. The number of nitrogens with one attached hydrogen (secondary N) is 2. The summed E-state index contributed by atoms with van der Waals surface area (Å²) in [6.07, 6.45) is 0.858. The molecule has 16 heavy (non-hydrogen) atoms. The molecule has 0 amide bonds. The first-order chi connectivity index (χ1) is 7.84. The summed E-state index contributed by atoms with van der Waals surface area (Å²) in [7, 11) is 0. The zero-order valence-electron chi connectivity index (χ0n) is 9.40. The van der Waals surface area contributed by atoms with Crippen LogP contribution in [0.5, 0.6) is 0 Å². The van der Waals surface area contributed by atoms with Gasteiger partial charge in [-0.25, -0.2) is 4.98 Å². The molecule has 0 saturated heterocycles. The molecular formula is C12H16N4. The largest absolute Gasteiger partial charge is 0.312 e. The smallest absolute Gasteiger partial charge is 0.151 e. The predicted octanol–water partition coefficient (Wildman–Crippen LogP) is 1.45. The molecule has 84 valence electrons. The highest BCUT2D eigenvalue weighted by Gasteiger charge is 1.98. The summed E-state index contributed by atoms with van der Waals surface area (Å²) in [5, 5.41) is 10.3. The predicted molar refractivity (Wildman–Crippen MR) is 63.0 cm³/mol. The zero-order chi connectivity index (χ0) is 11.2. The van der Waals surface area contributed by atoms with Crippen LogP contribution in [-0.4, -0.2) is 21.7 Å². The maximum atomic E-state index is 4.25. The van der Waals surface area contributed by atoms with Gasteiger partial charge in [0, 0.05) is 19.5 Å². The highest BCUT2D eigenvalue weighted by molar-refractivity contribution is 5.14. The molecule has 2 aromatic rings. The van der Waals surface area contributed by atoms with E-state index in [9.17, 15) is 0 Å². The summed E-state index contributed by atoms with van der Waals surface area (Å²) in [6.45, 7) is 3.70. The lowest BCUT2D eigenvalue weighted by atomic mass is 10.2. The Hall–Kier alpha value is -1.68. The van der Waals surface area contributed by atoms with E-state index < -0.39 is 0 Å². The van der Waals surface area contributed by atoms with Gasteiger partial charge in [-0.1, -0.05) is 30.3 Å². The number of hydrogen-bond donors (Lipinski definition) is 2. The highest BCUT2D eigenvalue weighted by Crippen LogP contribution is 1.97. The molecule has 0 fully saturated rings. The van der Waals surface area contributed by atoms with E-state index in [1.165, 1.54) is 5.56 Å². The summed E-state index contributed by atoms with van der Waals surface area (Å²) in [5.74, 6) is 1.75. The van der Waals surface area contributed by atoms with Crippen LogP contribution in [0.25, 0.3) is 0 Å². The lowest BCUT2D eigenvalue weighted by Crippen LogP contribution is -2.17. The number of H-pyrrole nitrogens is 1. The van der Waals surface area contributed by atoms with Crippen LogP contribution in [-0.2, 0) is 13.0 Å². The Bertz CT molecular complexity index is 422. The first kappa shape index (κ1) is 10.8. The lowest BCUT2D eigenvalue weighted by molar-refractivity contribution is 0.671. The molecule has 0 atom stereocenters. The molecule has 2 N–H and O–H groups in total. The Morgan fingerprint density at radius 2 is 2.06 bits per heavy atom. The summed E-state index contributed by atoms with van der Waals surface area (Å²) < 4.78 is 0. The van der Waals surface area contributed by atoms with Gasteiger partial charge in [-0.2, -0.15) is 5.10 Å². The molecule has 1 aromatic carbocycles. The fraction of sp³-hybridized carbons (Fsp3) is 0.333. The van der Waals surface area contributed by atoms with Crippen LogP contribution in [0.2, 0.25) is 0 Å². The lowest BCUT2D eigenvalue weighted by Gasteiger charge is -2.02. The van der Waals surface area contributed by atoms with Gasteiger partial charge in [0.1, 0.15) is 5.82 Å². The molecule has 1 heterocycles. The SMILES string of the molecule is Cc1nc(CCNCc2ccccc2)n[nH]1. The van der Waals surface area contributed by atoms with Crippen molar-refractivity contribution in [3.05, 3.63) is 47.5 Å². The Morgan fingerprint density at radius 1 is 1.25 bits per heavy atom. The number of aromatic nitrogens is 3. The van der Waals surface area contributed by atoms with Gasteiger partial charge in [0.25, 0.3) is 0 Å². The minimum absolute atomic E-state index is 0.858. The molecular weight excluding hydrogens is 200 g/mol. The first-order valence-electron chi connectivity index (χ1n) is 5.47. The average Bonchev–Trinajstić information content (AvgIpc) is 2.72. The summed E-state index contributed by atoms with van der Waals surface area (Å²) >= 11 is 0. The molecule has 0 radical (unpaired) electrons. The van der Waals surface area contributed by atoms with Crippen LogP contribution in [0.3, 0.4) is 0 Å². The van der Waals surface area contributed by atoms with E-state index in [-0.39, 0.29) is 0 Å². The van der Waals surface area contributed by atoms with Crippen LogP contribution < -0.4 is 5.32 Å². The normalized spacial score (nSPS) is 10.6. The Kier molecular flexibility index (Phi) is 3.66. The van der Waals surface area contributed by atoms with Crippen LogP contribution in [0.15, 0.2) is 30.3 Å². The van der Waals surface area contributed by atoms with E-state index in [4.69, 9.17) is 0 Å². The molecule has 2 rings (SSSR count). The average molecular weight is 216 g/mol. The first-order valence-corrected chi connectivity index (χ1v) is 5.47. The molecule has 0 aliphatic carbocycles. The van der Waals surface area contributed by atoms with Crippen molar-refractivity contribution in [1.82, 2.24) is 20.5 Å². The number of aryl methyl sites for hydroxylation is 1. The van der Waals surface area contributed by atoms with Crippen LogP contribution in [0.1, 0.15) is 17.2 Å². The molecule has 0 bridgehead atoms. The molecule has 0 saturated carbocycles. The number of benzene rings is 1. The fourth-order valence-electron chi connectivity index (χ4n) is 1.53. The van der Waals surface area contributed by atoms with E-state index in [1.54, 1.807) is 0 Å². The summed E-state index contributed by atoms with van der Waals surface area (Å²) in [4.78, 5) is 4.25. The number of hydrogen-bond acceptors (Lipinski definition) is 3. The third-order valence-corrected chi connectivity index (χ3v) is 2.34. The van der Waals surface area contributed by atoms with E-state index in [0.717, 1.165) is 31.2 Å². The zero-order valence-corrected chi connectivity index (χ0v) is 9.40. The van der Waals surface area contributed by atoms with Gasteiger partial charge in [0.05, 0.1) is 0 Å². The van der Waals surface area contributed by atoms with Crippen LogP contribution in [0, 0.1) is 6.92 Å². The fourth-order valence-corrected chi connectivity index (χ4v) is 1.53. The standard InChI is InChI=1S/C12H16N4/c1-10-14-12(16-15-10)7-8-13-9-11-5-3-2-4-6-11/h2-6,13H,7-9H2,1H3,(H,14,15,16). The highest BCUT2D eigenvalue weighted by atomic mass is 15.2. The molecule has 4 nitrogen and oxygen atoms in total. The van der Waals surface area contributed by atoms with E-state index >= 15 is 0 Å². The second kappa shape index (κ2) is 5.42.